The predicted octanol–water partition coefficient (Wildman–Crippen LogP) is 2.35. The SMILES string of the molecule is COc1cnc(C(NN)c2c(Cl)cccc2Cl)c(OC)n1. The van der Waals surface area contributed by atoms with Gasteiger partial charge in [-0.25, -0.2) is 10.4 Å². The van der Waals surface area contributed by atoms with Gasteiger partial charge in [-0.3, -0.25) is 5.84 Å². The van der Waals surface area contributed by atoms with E-state index in [-0.39, 0.29) is 5.88 Å². The number of rotatable bonds is 5. The molecule has 0 aliphatic carbocycles. The summed E-state index contributed by atoms with van der Waals surface area (Å²) in [5.41, 5.74) is 3.69. The molecule has 21 heavy (non-hydrogen) atoms. The number of ether oxygens (including phenoxy) is 2. The highest BCUT2D eigenvalue weighted by atomic mass is 35.5. The van der Waals surface area contributed by atoms with E-state index in [1.54, 1.807) is 18.2 Å². The number of hydrazine groups is 1. The Bertz CT molecular complexity index is 619. The van der Waals surface area contributed by atoms with Crippen molar-refractivity contribution in [3.8, 4) is 11.8 Å². The fourth-order valence-corrected chi connectivity index (χ4v) is 2.51. The van der Waals surface area contributed by atoms with E-state index in [2.05, 4.69) is 15.4 Å². The molecule has 0 saturated carbocycles. The Morgan fingerprint density at radius 2 is 1.86 bits per heavy atom. The molecule has 6 nitrogen and oxygen atoms in total. The van der Waals surface area contributed by atoms with E-state index in [9.17, 15) is 0 Å². The summed E-state index contributed by atoms with van der Waals surface area (Å²) in [6.45, 7) is 0. The van der Waals surface area contributed by atoms with Crippen LogP contribution in [-0.2, 0) is 0 Å². The van der Waals surface area contributed by atoms with Crippen molar-refractivity contribution in [3.05, 3.63) is 45.7 Å². The summed E-state index contributed by atoms with van der Waals surface area (Å²) in [5, 5.41) is 0.926. The van der Waals surface area contributed by atoms with Gasteiger partial charge in [-0.15, -0.1) is 0 Å². The molecule has 112 valence electrons. The molecule has 3 N–H and O–H groups in total. The van der Waals surface area contributed by atoms with Crippen LogP contribution < -0.4 is 20.7 Å². The molecule has 1 unspecified atom stereocenters. The van der Waals surface area contributed by atoms with Gasteiger partial charge in [0.05, 0.1) is 26.5 Å². The van der Waals surface area contributed by atoms with Crippen molar-refractivity contribution in [3.63, 3.8) is 0 Å². The third-order valence-electron chi connectivity index (χ3n) is 2.88. The van der Waals surface area contributed by atoms with Gasteiger partial charge in [-0.2, -0.15) is 4.98 Å². The van der Waals surface area contributed by atoms with Gasteiger partial charge in [0.2, 0.25) is 11.8 Å². The van der Waals surface area contributed by atoms with E-state index in [1.165, 1.54) is 20.4 Å². The third-order valence-corrected chi connectivity index (χ3v) is 3.54. The van der Waals surface area contributed by atoms with Crippen LogP contribution in [0.2, 0.25) is 10.0 Å². The van der Waals surface area contributed by atoms with Crippen LogP contribution in [0, 0.1) is 0 Å². The third kappa shape index (κ3) is 3.19. The Hall–Kier alpha value is -1.60. The summed E-state index contributed by atoms with van der Waals surface area (Å²) in [7, 11) is 2.97. The van der Waals surface area contributed by atoms with Gasteiger partial charge in [0, 0.05) is 15.6 Å². The van der Waals surface area contributed by atoms with Gasteiger partial charge in [-0.1, -0.05) is 29.3 Å². The van der Waals surface area contributed by atoms with Crippen LogP contribution in [0.5, 0.6) is 11.8 Å². The minimum Gasteiger partial charge on any atom is -0.480 e. The molecular weight excluding hydrogens is 315 g/mol. The van der Waals surface area contributed by atoms with Gasteiger partial charge in [0.1, 0.15) is 5.69 Å². The van der Waals surface area contributed by atoms with Crippen molar-refractivity contribution in [2.45, 2.75) is 6.04 Å². The second kappa shape index (κ2) is 6.91. The molecule has 0 bridgehead atoms. The number of halogens is 2. The van der Waals surface area contributed by atoms with Crippen molar-refractivity contribution < 1.29 is 9.47 Å². The monoisotopic (exact) mass is 328 g/mol. The first kappa shape index (κ1) is 15.8. The summed E-state index contributed by atoms with van der Waals surface area (Å²) in [5.74, 6) is 6.25. The standard InChI is InChI=1S/C13H14Cl2N4O2/c1-20-9-6-17-12(13(18-9)21-2)11(19-16)10-7(14)4-3-5-8(10)15/h3-6,11,19H,16H2,1-2H3. The molecule has 2 rings (SSSR count). The quantitative estimate of drug-likeness (QED) is 0.647. The number of hydrogen-bond acceptors (Lipinski definition) is 6. The van der Waals surface area contributed by atoms with Crippen molar-refractivity contribution in [1.82, 2.24) is 15.4 Å². The zero-order chi connectivity index (χ0) is 15.4. The van der Waals surface area contributed by atoms with E-state index in [4.69, 9.17) is 38.5 Å². The fraction of sp³-hybridized carbons (Fsp3) is 0.231. The number of hydrogen-bond donors (Lipinski definition) is 2. The predicted molar refractivity (Wildman–Crippen MR) is 80.8 cm³/mol. The van der Waals surface area contributed by atoms with E-state index < -0.39 is 6.04 Å². The lowest BCUT2D eigenvalue weighted by Crippen LogP contribution is -2.30. The average Bonchev–Trinajstić information content (AvgIpc) is 2.50. The van der Waals surface area contributed by atoms with E-state index in [0.29, 0.717) is 27.2 Å². The summed E-state index contributed by atoms with van der Waals surface area (Å²) >= 11 is 12.4. The van der Waals surface area contributed by atoms with Gasteiger partial charge >= 0.3 is 0 Å². The van der Waals surface area contributed by atoms with Crippen LogP contribution in [0.25, 0.3) is 0 Å². The maximum absolute atomic E-state index is 6.21. The Balaban J connectivity index is 2.56. The first-order valence-corrected chi connectivity index (χ1v) is 6.73. The first-order valence-electron chi connectivity index (χ1n) is 5.97. The van der Waals surface area contributed by atoms with Crippen LogP contribution >= 0.6 is 23.2 Å². The van der Waals surface area contributed by atoms with Crippen molar-refractivity contribution >= 4 is 23.2 Å². The maximum atomic E-state index is 6.21. The van der Waals surface area contributed by atoms with Crippen LogP contribution in [0.1, 0.15) is 17.3 Å². The summed E-state index contributed by atoms with van der Waals surface area (Å²) in [4.78, 5) is 8.45. The highest BCUT2D eigenvalue weighted by molar-refractivity contribution is 6.36. The number of nitrogens with two attached hydrogens (primary N) is 1. The maximum Gasteiger partial charge on any atom is 0.240 e. The zero-order valence-corrected chi connectivity index (χ0v) is 12.9. The van der Waals surface area contributed by atoms with Crippen LogP contribution in [0.4, 0.5) is 0 Å². The Morgan fingerprint density at radius 3 is 2.38 bits per heavy atom. The van der Waals surface area contributed by atoms with Crippen molar-refractivity contribution in [1.29, 1.82) is 0 Å². The molecule has 2 aromatic rings. The Kier molecular flexibility index (Phi) is 5.19. The molecule has 1 aromatic heterocycles. The number of nitrogens with zero attached hydrogens (tertiary/aromatic N) is 2. The van der Waals surface area contributed by atoms with Gasteiger partial charge in [-0.05, 0) is 12.1 Å². The first-order chi connectivity index (χ1) is 10.1. The molecule has 1 atom stereocenters. The lowest BCUT2D eigenvalue weighted by Gasteiger charge is -2.20. The largest absolute Gasteiger partial charge is 0.480 e. The highest BCUT2D eigenvalue weighted by Gasteiger charge is 2.24. The number of aromatic nitrogens is 2. The van der Waals surface area contributed by atoms with E-state index in [0.717, 1.165) is 0 Å². The topological polar surface area (TPSA) is 82.3 Å². The molecule has 0 aliphatic rings. The van der Waals surface area contributed by atoms with E-state index >= 15 is 0 Å². The molecule has 0 fully saturated rings. The Labute approximate surface area is 132 Å². The zero-order valence-electron chi connectivity index (χ0n) is 11.4. The van der Waals surface area contributed by atoms with Crippen LogP contribution in [0.15, 0.2) is 24.4 Å². The Morgan fingerprint density at radius 1 is 1.19 bits per heavy atom. The minimum atomic E-state index is -0.570. The smallest absolute Gasteiger partial charge is 0.240 e. The molecule has 0 saturated heterocycles. The van der Waals surface area contributed by atoms with Crippen LogP contribution in [0.3, 0.4) is 0 Å². The normalized spacial score (nSPS) is 12.0. The van der Waals surface area contributed by atoms with Gasteiger partial charge in [0.15, 0.2) is 0 Å². The second-order valence-corrected chi connectivity index (χ2v) is 4.86. The molecular formula is C13H14Cl2N4O2. The molecule has 1 aromatic carbocycles. The number of methoxy groups -OCH3 is 2. The molecule has 0 aliphatic heterocycles. The fourth-order valence-electron chi connectivity index (χ4n) is 1.90. The van der Waals surface area contributed by atoms with E-state index in [1.807, 2.05) is 0 Å². The molecule has 1 heterocycles. The second-order valence-electron chi connectivity index (χ2n) is 4.04. The summed E-state index contributed by atoms with van der Waals surface area (Å²) in [6.07, 6.45) is 1.47. The summed E-state index contributed by atoms with van der Waals surface area (Å²) in [6, 6.07) is 4.62. The van der Waals surface area contributed by atoms with Crippen LogP contribution in [-0.4, -0.2) is 24.2 Å². The van der Waals surface area contributed by atoms with Crippen molar-refractivity contribution in [2.75, 3.05) is 14.2 Å². The lowest BCUT2D eigenvalue weighted by molar-refractivity contribution is 0.352. The van der Waals surface area contributed by atoms with Gasteiger partial charge < -0.3 is 9.47 Å². The average molecular weight is 329 g/mol. The summed E-state index contributed by atoms with van der Waals surface area (Å²) < 4.78 is 10.3. The lowest BCUT2D eigenvalue weighted by atomic mass is 10.0. The number of nitrogens with one attached hydrogen (secondary N) is 1. The highest BCUT2D eigenvalue weighted by Crippen LogP contribution is 2.35. The number of benzene rings is 1. The molecule has 0 amide bonds. The molecule has 0 spiro atoms. The van der Waals surface area contributed by atoms with Gasteiger partial charge in [0.25, 0.3) is 0 Å². The molecule has 8 heteroatoms. The van der Waals surface area contributed by atoms with Crippen molar-refractivity contribution in [2.24, 2.45) is 5.84 Å². The minimum absolute atomic E-state index is 0.272. The molecule has 0 radical (unpaired) electrons.